The van der Waals surface area contributed by atoms with Gasteiger partial charge in [0, 0.05) is 6.54 Å². The van der Waals surface area contributed by atoms with Crippen LogP contribution in [0.2, 0.25) is 0 Å². The highest BCUT2D eigenvalue weighted by Gasteiger charge is 2.26. The second-order valence-corrected chi connectivity index (χ2v) is 7.50. The van der Waals surface area contributed by atoms with Crippen LogP contribution >= 0.6 is 0 Å². The van der Waals surface area contributed by atoms with Crippen LogP contribution in [0.4, 0.5) is 0 Å². The van der Waals surface area contributed by atoms with Crippen LogP contribution in [0.3, 0.4) is 0 Å². The third-order valence-corrected chi connectivity index (χ3v) is 5.62. The SMILES string of the molecule is Cc1cn[nH]c1[C@H]1CCCCN1Cc1ccc(-c2ccccc2C(=O)O)cc1. The van der Waals surface area contributed by atoms with Crippen LogP contribution in [0.5, 0.6) is 0 Å². The van der Waals surface area contributed by atoms with E-state index in [9.17, 15) is 9.90 Å². The predicted octanol–water partition coefficient (Wildman–Crippen LogP) is 4.81. The Balaban J connectivity index is 1.54. The van der Waals surface area contributed by atoms with Gasteiger partial charge in [0.1, 0.15) is 0 Å². The lowest BCUT2D eigenvalue weighted by Crippen LogP contribution is -2.33. The number of likely N-dealkylation sites (tertiary alicyclic amines) is 1. The van der Waals surface area contributed by atoms with E-state index in [-0.39, 0.29) is 0 Å². The number of piperidine rings is 1. The van der Waals surface area contributed by atoms with Crippen molar-refractivity contribution in [2.24, 2.45) is 0 Å². The number of nitrogens with zero attached hydrogens (tertiary/aromatic N) is 2. The summed E-state index contributed by atoms with van der Waals surface area (Å²) in [6.45, 7) is 4.07. The van der Waals surface area contributed by atoms with Crippen molar-refractivity contribution in [2.45, 2.75) is 38.8 Å². The fraction of sp³-hybridized carbons (Fsp3) is 0.304. The van der Waals surface area contributed by atoms with Gasteiger partial charge in [-0.15, -0.1) is 0 Å². The predicted molar refractivity (Wildman–Crippen MR) is 109 cm³/mol. The molecule has 1 saturated heterocycles. The molecule has 0 bridgehead atoms. The molecule has 0 saturated carbocycles. The average Bonchev–Trinajstić information content (AvgIpc) is 3.15. The summed E-state index contributed by atoms with van der Waals surface area (Å²) in [4.78, 5) is 14.0. The van der Waals surface area contributed by atoms with Crippen molar-refractivity contribution in [1.29, 1.82) is 0 Å². The Hall–Kier alpha value is -2.92. The van der Waals surface area contributed by atoms with Crippen LogP contribution < -0.4 is 0 Å². The van der Waals surface area contributed by atoms with Gasteiger partial charge in [0.25, 0.3) is 0 Å². The van der Waals surface area contributed by atoms with Crippen LogP contribution in [0.25, 0.3) is 11.1 Å². The standard InChI is InChI=1S/C23H25N3O2/c1-16-14-24-25-22(16)21-8-4-5-13-26(21)15-17-9-11-18(12-10-17)19-6-2-3-7-20(19)23(27)28/h2-3,6-7,9-12,14,21H,4-5,8,13,15H2,1H3,(H,24,25)(H,27,28)/t21-/m1/s1. The molecule has 0 spiro atoms. The van der Waals surface area contributed by atoms with Crippen molar-refractivity contribution in [3.05, 3.63) is 77.1 Å². The Morgan fingerprint density at radius 2 is 1.96 bits per heavy atom. The second-order valence-electron chi connectivity index (χ2n) is 7.50. The minimum Gasteiger partial charge on any atom is -0.478 e. The minimum atomic E-state index is -0.897. The monoisotopic (exact) mass is 375 g/mol. The van der Waals surface area contributed by atoms with Crippen LogP contribution in [-0.4, -0.2) is 32.7 Å². The number of aryl methyl sites for hydroxylation is 1. The number of aromatic carboxylic acids is 1. The van der Waals surface area contributed by atoms with Gasteiger partial charge in [-0.25, -0.2) is 4.79 Å². The maximum atomic E-state index is 11.5. The Morgan fingerprint density at radius 3 is 2.68 bits per heavy atom. The Kier molecular flexibility index (Phi) is 5.26. The molecule has 5 heteroatoms. The van der Waals surface area contributed by atoms with Crippen molar-refractivity contribution in [1.82, 2.24) is 15.1 Å². The lowest BCUT2D eigenvalue weighted by atomic mass is 9.96. The molecule has 5 nitrogen and oxygen atoms in total. The number of hydrogen-bond acceptors (Lipinski definition) is 3. The normalized spacial score (nSPS) is 17.5. The number of aromatic nitrogens is 2. The second kappa shape index (κ2) is 7.98. The fourth-order valence-corrected chi connectivity index (χ4v) is 4.15. The van der Waals surface area contributed by atoms with Crippen molar-refractivity contribution in [3.8, 4) is 11.1 Å². The van der Waals surface area contributed by atoms with Gasteiger partial charge in [-0.05, 0) is 54.6 Å². The first-order valence-corrected chi connectivity index (χ1v) is 9.79. The largest absolute Gasteiger partial charge is 0.478 e. The van der Waals surface area contributed by atoms with E-state index in [0.717, 1.165) is 30.6 Å². The van der Waals surface area contributed by atoms with Crippen LogP contribution in [0.15, 0.2) is 54.7 Å². The third-order valence-electron chi connectivity index (χ3n) is 5.62. The first-order valence-electron chi connectivity index (χ1n) is 9.79. The molecule has 28 heavy (non-hydrogen) atoms. The molecule has 2 aromatic carbocycles. The van der Waals surface area contributed by atoms with Crippen molar-refractivity contribution in [2.75, 3.05) is 6.54 Å². The smallest absolute Gasteiger partial charge is 0.336 e. The molecule has 0 amide bonds. The highest BCUT2D eigenvalue weighted by Crippen LogP contribution is 2.33. The summed E-state index contributed by atoms with van der Waals surface area (Å²) in [7, 11) is 0. The van der Waals surface area contributed by atoms with Crippen molar-refractivity contribution in [3.63, 3.8) is 0 Å². The number of H-pyrrole nitrogens is 1. The minimum absolute atomic E-state index is 0.334. The van der Waals surface area contributed by atoms with Gasteiger partial charge in [-0.2, -0.15) is 5.10 Å². The van der Waals surface area contributed by atoms with Gasteiger partial charge in [0.05, 0.1) is 23.5 Å². The Morgan fingerprint density at radius 1 is 1.18 bits per heavy atom. The molecule has 1 fully saturated rings. The molecule has 2 heterocycles. The molecule has 2 N–H and O–H groups in total. The summed E-state index contributed by atoms with van der Waals surface area (Å²) >= 11 is 0. The van der Waals surface area contributed by atoms with Gasteiger partial charge in [-0.1, -0.05) is 48.9 Å². The molecular formula is C23H25N3O2. The van der Waals surface area contributed by atoms with Crippen molar-refractivity contribution < 1.29 is 9.90 Å². The topological polar surface area (TPSA) is 69.2 Å². The Bertz CT molecular complexity index is 962. The first-order chi connectivity index (χ1) is 13.6. The quantitative estimate of drug-likeness (QED) is 0.671. The number of carboxylic acids is 1. The highest BCUT2D eigenvalue weighted by molar-refractivity contribution is 5.95. The molecule has 1 atom stereocenters. The van der Waals surface area contributed by atoms with Gasteiger partial charge in [0.15, 0.2) is 0 Å². The molecule has 1 aliphatic heterocycles. The fourth-order valence-electron chi connectivity index (χ4n) is 4.15. The summed E-state index contributed by atoms with van der Waals surface area (Å²) < 4.78 is 0. The number of hydrogen-bond donors (Lipinski definition) is 2. The summed E-state index contributed by atoms with van der Waals surface area (Å²) in [5, 5.41) is 16.8. The number of benzene rings is 2. The molecule has 0 unspecified atom stereocenters. The average molecular weight is 375 g/mol. The molecule has 4 rings (SSSR count). The van der Waals surface area contributed by atoms with Gasteiger partial charge in [-0.3, -0.25) is 10.00 Å². The summed E-state index contributed by atoms with van der Waals surface area (Å²) in [5.74, 6) is -0.897. The zero-order valence-corrected chi connectivity index (χ0v) is 16.1. The van der Waals surface area contributed by atoms with E-state index in [1.807, 2.05) is 30.5 Å². The van der Waals surface area contributed by atoms with E-state index in [1.54, 1.807) is 12.1 Å². The number of carbonyl (C=O) groups is 1. The first kappa shape index (κ1) is 18.4. The van der Waals surface area contributed by atoms with Crippen LogP contribution in [0, 0.1) is 6.92 Å². The maximum absolute atomic E-state index is 11.5. The Labute approximate surface area is 165 Å². The maximum Gasteiger partial charge on any atom is 0.336 e. The lowest BCUT2D eigenvalue weighted by molar-refractivity contribution is 0.0697. The molecular weight excluding hydrogens is 350 g/mol. The lowest BCUT2D eigenvalue weighted by Gasteiger charge is -2.35. The van der Waals surface area contributed by atoms with Crippen LogP contribution in [0.1, 0.15) is 52.5 Å². The number of nitrogens with one attached hydrogen (secondary N) is 1. The number of rotatable bonds is 5. The van der Waals surface area contributed by atoms with Crippen LogP contribution in [-0.2, 0) is 6.54 Å². The molecule has 144 valence electrons. The van der Waals surface area contributed by atoms with E-state index in [2.05, 4.69) is 34.2 Å². The number of carboxylic acid groups (broad SMARTS) is 1. The third kappa shape index (κ3) is 3.71. The summed E-state index contributed by atoms with van der Waals surface area (Å²) in [6, 6.07) is 15.8. The van der Waals surface area contributed by atoms with E-state index < -0.39 is 5.97 Å². The highest BCUT2D eigenvalue weighted by atomic mass is 16.4. The van der Waals surface area contributed by atoms with E-state index in [1.165, 1.54) is 29.7 Å². The van der Waals surface area contributed by atoms with E-state index >= 15 is 0 Å². The van der Waals surface area contributed by atoms with Gasteiger partial charge < -0.3 is 5.11 Å². The molecule has 1 aliphatic rings. The van der Waals surface area contributed by atoms with Gasteiger partial charge in [0.2, 0.25) is 0 Å². The van der Waals surface area contributed by atoms with Crippen molar-refractivity contribution >= 4 is 5.97 Å². The zero-order valence-electron chi connectivity index (χ0n) is 16.1. The zero-order chi connectivity index (χ0) is 19.5. The summed E-state index contributed by atoms with van der Waals surface area (Å²) in [6.07, 6.45) is 5.50. The molecule has 1 aromatic heterocycles. The molecule has 3 aromatic rings. The molecule has 0 aliphatic carbocycles. The number of aromatic amines is 1. The molecule has 0 radical (unpaired) electrons. The van der Waals surface area contributed by atoms with E-state index in [0.29, 0.717) is 11.6 Å². The van der Waals surface area contributed by atoms with E-state index in [4.69, 9.17) is 0 Å². The van der Waals surface area contributed by atoms with Gasteiger partial charge >= 0.3 is 5.97 Å². The summed E-state index contributed by atoms with van der Waals surface area (Å²) in [5.41, 5.74) is 5.71.